The first-order valence-corrected chi connectivity index (χ1v) is 8.53. The number of hydrogen-bond donors (Lipinski definition) is 0. The third-order valence-electron chi connectivity index (χ3n) is 3.25. The zero-order valence-electron chi connectivity index (χ0n) is 11.0. The third-order valence-corrected chi connectivity index (χ3v) is 5.71. The highest BCUT2D eigenvalue weighted by atomic mass is 79.9. The van der Waals surface area contributed by atoms with Gasteiger partial charge in [0.15, 0.2) is 4.90 Å². The molecule has 8 heteroatoms. The fraction of sp³-hybridized carbons (Fsp3) is 0.500. The van der Waals surface area contributed by atoms with E-state index in [1.807, 2.05) is 0 Å². The molecule has 0 N–H and O–H groups in total. The molecule has 0 aliphatic heterocycles. The molecule has 0 aromatic heterocycles. The van der Waals surface area contributed by atoms with Gasteiger partial charge < -0.3 is 0 Å². The van der Waals surface area contributed by atoms with E-state index in [9.17, 15) is 18.5 Å². The van der Waals surface area contributed by atoms with Crippen LogP contribution in [0.25, 0.3) is 0 Å². The van der Waals surface area contributed by atoms with Crippen molar-refractivity contribution >= 4 is 31.6 Å². The number of nitrogens with zero attached hydrogens (tertiary/aromatic N) is 2. The fourth-order valence-corrected chi connectivity index (χ4v) is 4.19. The molecule has 0 heterocycles. The summed E-state index contributed by atoms with van der Waals surface area (Å²) < 4.78 is 27.0. The first-order valence-electron chi connectivity index (χ1n) is 6.30. The van der Waals surface area contributed by atoms with Crippen molar-refractivity contribution in [3.63, 3.8) is 0 Å². The Balaban J connectivity index is 2.46. The predicted molar refractivity (Wildman–Crippen MR) is 78.0 cm³/mol. The normalized spacial score (nSPS) is 15.6. The van der Waals surface area contributed by atoms with Crippen LogP contribution < -0.4 is 0 Å². The van der Waals surface area contributed by atoms with Gasteiger partial charge in [-0.1, -0.05) is 22.9 Å². The van der Waals surface area contributed by atoms with Crippen LogP contribution in [0.4, 0.5) is 5.69 Å². The highest BCUT2D eigenvalue weighted by Gasteiger charge is 2.34. The van der Waals surface area contributed by atoms with Gasteiger partial charge >= 0.3 is 0 Å². The Kier molecular flexibility index (Phi) is 4.46. The van der Waals surface area contributed by atoms with Crippen molar-refractivity contribution in [2.24, 2.45) is 5.92 Å². The monoisotopic (exact) mass is 362 g/mol. The Labute approximate surface area is 126 Å². The maximum Gasteiger partial charge on any atom is 0.289 e. The number of hydrogen-bond acceptors (Lipinski definition) is 4. The molecular formula is C12H15BrN2O4S. The van der Waals surface area contributed by atoms with E-state index < -0.39 is 14.9 Å². The summed E-state index contributed by atoms with van der Waals surface area (Å²) in [4.78, 5) is 10.1. The van der Waals surface area contributed by atoms with Crippen LogP contribution in [0.2, 0.25) is 0 Å². The van der Waals surface area contributed by atoms with E-state index in [0.29, 0.717) is 23.5 Å². The molecule has 0 saturated heterocycles. The molecule has 1 aliphatic rings. The quantitative estimate of drug-likeness (QED) is 0.575. The summed E-state index contributed by atoms with van der Waals surface area (Å²) >= 11 is 3.17. The zero-order valence-corrected chi connectivity index (χ0v) is 13.4. The smallest absolute Gasteiger partial charge is 0.258 e. The molecule has 1 fully saturated rings. The maximum absolute atomic E-state index is 12.6. The largest absolute Gasteiger partial charge is 0.289 e. The second-order valence-corrected chi connectivity index (χ2v) is 7.59. The Bertz CT molecular complexity index is 628. The van der Waals surface area contributed by atoms with E-state index in [4.69, 9.17) is 0 Å². The Morgan fingerprint density at radius 2 is 2.10 bits per heavy atom. The van der Waals surface area contributed by atoms with Crippen LogP contribution in [-0.4, -0.2) is 30.7 Å². The van der Waals surface area contributed by atoms with Gasteiger partial charge in [0.05, 0.1) is 4.92 Å². The number of benzene rings is 1. The summed E-state index contributed by atoms with van der Waals surface area (Å²) in [7, 11) is -3.84. The highest BCUT2D eigenvalue weighted by molar-refractivity contribution is 9.10. The van der Waals surface area contributed by atoms with Crippen molar-refractivity contribution in [2.75, 3.05) is 13.1 Å². The lowest BCUT2D eigenvalue weighted by molar-refractivity contribution is -0.387. The Hall–Kier alpha value is -0.990. The van der Waals surface area contributed by atoms with E-state index >= 15 is 0 Å². The van der Waals surface area contributed by atoms with Crippen molar-refractivity contribution in [3.05, 3.63) is 32.8 Å². The summed E-state index contributed by atoms with van der Waals surface area (Å²) in [5.41, 5.74) is -0.387. The standard InChI is InChI=1S/C12H15BrN2O4S/c1-2-14(8-9-3-4-9)20(18,19)12-7-10(13)5-6-11(12)15(16)17/h5-7,9H,2-4,8H2,1H3. The predicted octanol–water partition coefficient (Wildman–Crippen LogP) is 2.78. The van der Waals surface area contributed by atoms with Crippen LogP contribution in [0.15, 0.2) is 27.6 Å². The van der Waals surface area contributed by atoms with Crippen LogP contribution in [0.1, 0.15) is 19.8 Å². The van der Waals surface area contributed by atoms with Crippen molar-refractivity contribution in [1.29, 1.82) is 0 Å². The summed E-state index contributed by atoms with van der Waals surface area (Å²) in [5, 5.41) is 11.0. The molecule has 0 spiro atoms. The molecule has 1 aliphatic carbocycles. The summed E-state index contributed by atoms with van der Waals surface area (Å²) in [6.07, 6.45) is 2.04. The van der Waals surface area contributed by atoms with Crippen molar-refractivity contribution in [1.82, 2.24) is 4.31 Å². The van der Waals surface area contributed by atoms with Gasteiger partial charge in [0.25, 0.3) is 5.69 Å². The topological polar surface area (TPSA) is 80.5 Å². The molecule has 1 saturated carbocycles. The lowest BCUT2D eigenvalue weighted by Gasteiger charge is -2.20. The van der Waals surface area contributed by atoms with Crippen LogP contribution in [0.3, 0.4) is 0 Å². The van der Waals surface area contributed by atoms with E-state index in [2.05, 4.69) is 15.9 Å². The molecular weight excluding hydrogens is 348 g/mol. The van der Waals surface area contributed by atoms with Crippen LogP contribution in [0.5, 0.6) is 0 Å². The van der Waals surface area contributed by atoms with Gasteiger partial charge in [-0.3, -0.25) is 10.1 Å². The van der Waals surface area contributed by atoms with Gasteiger partial charge in [0.1, 0.15) is 0 Å². The average molecular weight is 363 g/mol. The molecule has 6 nitrogen and oxygen atoms in total. The molecule has 0 atom stereocenters. The van der Waals surface area contributed by atoms with Crippen molar-refractivity contribution in [2.45, 2.75) is 24.7 Å². The van der Waals surface area contributed by atoms with E-state index in [0.717, 1.165) is 12.8 Å². The number of rotatable bonds is 6. The molecule has 0 bridgehead atoms. The Morgan fingerprint density at radius 1 is 1.45 bits per heavy atom. The van der Waals surface area contributed by atoms with Gasteiger partial charge in [0, 0.05) is 23.6 Å². The summed E-state index contributed by atoms with van der Waals surface area (Å²) in [6, 6.07) is 3.97. The van der Waals surface area contributed by atoms with E-state index in [-0.39, 0.29) is 10.6 Å². The van der Waals surface area contributed by atoms with Crippen molar-refractivity contribution in [3.8, 4) is 0 Å². The minimum absolute atomic E-state index is 0.251. The molecule has 2 rings (SSSR count). The number of halogens is 1. The van der Waals surface area contributed by atoms with Gasteiger partial charge in [-0.25, -0.2) is 8.42 Å². The third kappa shape index (κ3) is 3.18. The lowest BCUT2D eigenvalue weighted by atomic mass is 10.3. The summed E-state index contributed by atoms with van der Waals surface area (Å²) in [5.74, 6) is 0.385. The fourth-order valence-electron chi connectivity index (χ4n) is 1.97. The average Bonchev–Trinajstić information content (AvgIpc) is 3.19. The first kappa shape index (κ1) is 15.4. The number of sulfonamides is 1. The second-order valence-electron chi connectivity index (χ2n) is 4.77. The van der Waals surface area contributed by atoms with Crippen LogP contribution >= 0.6 is 15.9 Å². The van der Waals surface area contributed by atoms with Gasteiger partial charge in [-0.05, 0) is 30.9 Å². The molecule has 1 aromatic rings. The van der Waals surface area contributed by atoms with Gasteiger partial charge in [-0.15, -0.1) is 0 Å². The lowest BCUT2D eigenvalue weighted by Crippen LogP contribution is -2.33. The Morgan fingerprint density at radius 3 is 2.60 bits per heavy atom. The second kappa shape index (κ2) is 5.79. The molecule has 20 heavy (non-hydrogen) atoms. The molecule has 0 radical (unpaired) electrons. The first-order chi connectivity index (χ1) is 9.36. The minimum Gasteiger partial charge on any atom is -0.258 e. The molecule has 0 unspecified atom stereocenters. The number of nitro groups is 1. The molecule has 1 aromatic carbocycles. The van der Waals surface area contributed by atoms with Gasteiger partial charge in [-0.2, -0.15) is 4.31 Å². The van der Waals surface area contributed by atoms with E-state index in [1.165, 1.54) is 22.5 Å². The van der Waals surface area contributed by atoms with Crippen molar-refractivity contribution < 1.29 is 13.3 Å². The van der Waals surface area contributed by atoms with Crippen LogP contribution in [-0.2, 0) is 10.0 Å². The van der Waals surface area contributed by atoms with E-state index in [1.54, 1.807) is 6.92 Å². The van der Waals surface area contributed by atoms with Gasteiger partial charge in [0.2, 0.25) is 10.0 Å². The molecule has 110 valence electrons. The zero-order chi connectivity index (χ0) is 14.9. The van der Waals surface area contributed by atoms with Crippen LogP contribution in [0, 0.1) is 16.0 Å². The maximum atomic E-state index is 12.6. The molecule has 0 amide bonds. The number of nitro benzene ring substituents is 1. The summed E-state index contributed by atoms with van der Waals surface area (Å²) in [6.45, 7) is 2.48. The minimum atomic E-state index is -3.84. The highest BCUT2D eigenvalue weighted by Crippen LogP contribution is 2.34. The SMILES string of the molecule is CCN(CC1CC1)S(=O)(=O)c1cc(Br)ccc1[N+](=O)[O-].